The van der Waals surface area contributed by atoms with Crippen molar-refractivity contribution in [2.45, 2.75) is 40.0 Å². The van der Waals surface area contributed by atoms with Gasteiger partial charge in [0, 0.05) is 12.3 Å². The second kappa shape index (κ2) is 4.40. The minimum Gasteiger partial charge on any atom is -0.272 e. The summed E-state index contributed by atoms with van der Waals surface area (Å²) in [6.07, 6.45) is 3.02. The third-order valence-corrected chi connectivity index (χ3v) is 2.47. The zero-order chi connectivity index (χ0) is 9.84. The molecule has 74 valence electrons. The molecule has 1 aliphatic rings. The summed E-state index contributed by atoms with van der Waals surface area (Å²) < 4.78 is 0. The Morgan fingerprint density at radius 2 is 2.15 bits per heavy atom. The van der Waals surface area contributed by atoms with E-state index in [9.17, 15) is 4.79 Å². The van der Waals surface area contributed by atoms with E-state index < -0.39 is 0 Å². The highest BCUT2D eigenvalue weighted by Crippen LogP contribution is 2.18. The second-order valence-electron chi connectivity index (χ2n) is 3.52. The van der Waals surface area contributed by atoms with Crippen molar-refractivity contribution in [3.63, 3.8) is 0 Å². The molecule has 0 radical (unpaired) electrons. The lowest BCUT2D eigenvalue weighted by Crippen LogP contribution is -2.27. The summed E-state index contributed by atoms with van der Waals surface area (Å²) >= 11 is 0. The Kier molecular flexibility index (Phi) is 3.46. The third kappa shape index (κ3) is 2.08. The quantitative estimate of drug-likeness (QED) is 0.654. The number of rotatable bonds is 4. The van der Waals surface area contributed by atoms with E-state index in [4.69, 9.17) is 0 Å². The number of nitrogens with zero attached hydrogens (tertiary/aromatic N) is 2. The molecule has 3 nitrogen and oxygen atoms in total. The van der Waals surface area contributed by atoms with Gasteiger partial charge in [0.1, 0.15) is 0 Å². The summed E-state index contributed by atoms with van der Waals surface area (Å²) in [5.74, 6) is 0.241. The first-order valence-electron chi connectivity index (χ1n) is 5.07. The molecule has 0 bridgehead atoms. The topological polar surface area (TPSA) is 32.7 Å². The molecule has 0 saturated carbocycles. The Morgan fingerprint density at radius 1 is 1.46 bits per heavy atom. The van der Waals surface area contributed by atoms with Crippen molar-refractivity contribution in [3.05, 3.63) is 0 Å². The Bertz CT molecular complexity index is 223. The molecule has 0 aromatic rings. The van der Waals surface area contributed by atoms with Crippen molar-refractivity contribution in [2.24, 2.45) is 11.0 Å². The molecule has 0 fully saturated rings. The van der Waals surface area contributed by atoms with Crippen LogP contribution in [0.4, 0.5) is 0 Å². The van der Waals surface area contributed by atoms with Crippen molar-refractivity contribution in [1.82, 2.24) is 5.01 Å². The number of amides is 1. The zero-order valence-corrected chi connectivity index (χ0v) is 8.71. The summed E-state index contributed by atoms with van der Waals surface area (Å²) in [6.45, 7) is 6.88. The van der Waals surface area contributed by atoms with Gasteiger partial charge in [0.15, 0.2) is 0 Å². The maximum Gasteiger partial charge on any atom is 0.251 e. The lowest BCUT2D eigenvalue weighted by atomic mass is 10.0. The van der Waals surface area contributed by atoms with E-state index in [1.165, 1.54) is 0 Å². The van der Waals surface area contributed by atoms with E-state index in [1.807, 2.05) is 13.8 Å². The fourth-order valence-corrected chi connectivity index (χ4v) is 1.61. The van der Waals surface area contributed by atoms with Gasteiger partial charge in [-0.2, -0.15) is 5.10 Å². The molecule has 1 heterocycles. The Morgan fingerprint density at radius 3 is 2.62 bits per heavy atom. The average molecular weight is 182 g/mol. The van der Waals surface area contributed by atoms with Crippen molar-refractivity contribution in [1.29, 1.82) is 0 Å². The van der Waals surface area contributed by atoms with Crippen LogP contribution in [0.5, 0.6) is 0 Å². The average Bonchev–Trinajstić information content (AvgIpc) is 2.38. The Labute approximate surface area is 79.8 Å². The number of hydrogen-bond donors (Lipinski definition) is 0. The molecule has 1 amide bonds. The molecule has 0 spiro atoms. The van der Waals surface area contributed by atoms with Gasteiger partial charge in [0.25, 0.3) is 5.91 Å². The maximum atomic E-state index is 11.7. The molecule has 1 unspecified atom stereocenters. The molecule has 0 aromatic carbocycles. The summed E-state index contributed by atoms with van der Waals surface area (Å²) in [6, 6.07) is 0. The predicted octanol–water partition coefficient (Wildman–Crippen LogP) is 2.03. The van der Waals surface area contributed by atoms with E-state index >= 15 is 0 Å². The molecule has 0 aromatic heterocycles. The molecule has 13 heavy (non-hydrogen) atoms. The molecular formula is C10H18N2O. The molecule has 1 atom stereocenters. The monoisotopic (exact) mass is 182 g/mol. The number of hydrazone groups is 1. The van der Waals surface area contributed by atoms with Crippen molar-refractivity contribution in [3.8, 4) is 0 Å². The summed E-state index contributed by atoms with van der Waals surface area (Å²) in [5.41, 5.74) is 0.976. The second-order valence-corrected chi connectivity index (χ2v) is 3.52. The first-order valence-corrected chi connectivity index (χ1v) is 5.07. The van der Waals surface area contributed by atoms with Crippen molar-refractivity contribution < 1.29 is 4.79 Å². The molecule has 0 N–H and O–H groups in total. The molecule has 0 aliphatic carbocycles. The van der Waals surface area contributed by atoms with Crippen molar-refractivity contribution >= 4 is 11.6 Å². The van der Waals surface area contributed by atoms with E-state index in [1.54, 1.807) is 5.01 Å². The standard InChI is InChI=1S/C10H18N2O/c1-4-6-7-12-10(13)9(5-2)8(3)11-12/h9H,4-7H2,1-3H3. The predicted molar refractivity (Wildman–Crippen MR) is 53.5 cm³/mol. The van der Waals surface area contributed by atoms with Gasteiger partial charge in [0.05, 0.1) is 5.92 Å². The smallest absolute Gasteiger partial charge is 0.251 e. The summed E-state index contributed by atoms with van der Waals surface area (Å²) in [4.78, 5) is 11.7. The molecule has 1 aliphatic heterocycles. The van der Waals surface area contributed by atoms with Crippen molar-refractivity contribution in [2.75, 3.05) is 6.54 Å². The number of carbonyl (C=O) groups excluding carboxylic acids is 1. The van der Waals surface area contributed by atoms with Crippen LogP contribution in [-0.2, 0) is 4.79 Å². The Balaban J connectivity index is 2.56. The highest BCUT2D eigenvalue weighted by Gasteiger charge is 2.30. The number of carbonyl (C=O) groups is 1. The van der Waals surface area contributed by atoms with E-state index in [-0.39, 0.29) is 11.8 Å². The normalized spacial score (nSPS) is 22.4. The SMILES string of the molecule is CCCCN1N=C(C)C(CC)C1=O. The fraction of sp³-hybridized carbons (Fsp3) is 0.800. The number of unbranched alkanes of at least 4 members (excludes halogenated alkanes) is 1. The molecule has 3 heteroatoms. The van der Waals surface area contributed by atoms with Gasteiger partial charge in [0.2, 0.25) is 0 Å². The van der Waals surface area contributed by atoms with Gasteiger partial charge in [-0.3, -0.25) is 4.79 Å². The highest BCUT2D eigenvalue weighted by atomic mass is 16.2. The van der Waals surface area contributed by atoms with Gasteiger partial charge < -0.3 is 0 Å². The van der Waals surface area contributed by atoms with Crippen LogP contribution in [0.1, 0.15) is 40.0 Å². The first kappa shape index (κ1) is 10.2. The van der Waals surface area contributed by atoms with E-state index in [0.717, 1.165) is 31.5 Å². The van der Waals surface area contributed by atoms with Gasteiger partial charge in [-0.25, -0.2) is 5.01 Å². The van der Waals surface area contributed by atoms with E-state index in [0.29, 0.717) is 0 Å². The highest BCUT2D eigenvalue weighted by molar-refractivity contribution is 6.06. The van der Waals surface area contributed by atoms with Gasteiger partial charge in [-0.1, -0.05) is 20.3 Å². The number of hydrogen-bond acceptors (Lipinski definition) is 2. The van der Waals surface area contributed by atoms with Crippen LogP contribution in [0.2, 0.25) is 0 Å². The van der Waals surface area contributed by atoms with Crippen LogP contribution < -0.4 is 0 Å². The summed E-state index contributed by atoms with van der Waals surface area (Å²) in [7, 11) is 0. The maximum absolute atomic E-state index is 11.7. The first-order chi connectivity index (χ1) is 6.20. The van der Waals surface area contributed by atoms with Gasteiger partial charge >= 0.3 is 0 Å². The van der Waals surface area contributed by atoms with Crippen LogP contribution in [-0.4, -0.2) is 23.2 Å². The van der Waals surface area contributed by atoms with Crippen LogP contribution in [0.25, 0.3) is 0 Å². The minimum absolute atomic E-state index is 0.0526. The minimum atomic E-state index is 0.0526. The lowest BCUT2D eigenvalue weighted by Gasteiger charge is -2.12. The zero-order valence-electron chi connectivity index (χ0n) is 8.71. The lowest BCUT2D eigenvalue weighted by molar-refractivity contribution is -0.131. The fourth-order valence-electron chi connectivity index (χ4n) is 1.61. The van der Waals surface area contributed by atoms with E-state index in [2.05, 4.69) is 12.0 Å². The molecule has 0 saturated heterocycles. The molecule has 1 rings (SSSR count). The van der Waals surface area contributed by atoms with Crippen LogP contribution in [0.3, 0.4) is 0 Å². The van der Waals surface area contributed by atoms with Gasteiger partial charge in [-0.05, 0) is 19.8 Å². The van der Waals surface area contributed by atoms with Crippen LogP contribution in [0.15, 0.2) is 5.10 Å². The summed E-state index contributed by atoms with van der Waals surface area (Å²) in [5, 5.41) is 5.89. The molecular weight excluding hydrogens is 164 g/mol. The third-order valence-electron chi connectivity index (χ3n) is 2.47. The Hall–Kier alpha value is -0.860. The largest absolute Gasteiger partial charge is 0.272 e. The van der Waals surface area contributed by atoms with Crippen LogP contribution >= 0.6 is 0 Å². The van der Waals surface area contributed by atoms with Gasteiger partial charge in [-0.15, -0.1) is 0 Å². The van der Waals surface area contributed by atoms with Crippen LogP contribution in [0, 0.1) is 5.92 Å².